The molecule has 0 aromatic heterocycles. The number of amides is 1. The molecule has 27 heavy (non-hydrogen) atoms. The second-order valence-corrected chi connectivity index (χ2v) is 11.6. The molecule has 150 valence electrons. The molecule has 0 aromatic carbocycles. The predicted octanol–water partition coefficient (Wildman–Crippen LogP) is 4.82. The van der Waals surface area contributed by atoms with Gasteiger partial charge in [-0.2, -0.15) is 0 Å². The highest BCUT2D eigenvalue weighted by molar-refractivity contribution is 8.14. The molecule has 0 bridgehead atoms. The minimum atomic E-state index is 0.154. The zero-order valence-electron chi connectivity index (χ0n) is 17.3. The van der Waals surface area contributed by atoms with Gasteiger partial charge in [-0.25, -0.2) is 0 Å². The van der Waals surface area contributed by atoms with E-state index in [-0.39, 0.29) is 21.9 Å². The summed E-state index contributed by atoms with van der Waals surface area (Å²) in [4.78, 5) is 24.8. The molecule has 4 aliphatic rings. The van der Waals surface area contributed by atoms with E-state index in [2.05, 4.69) is 39.1 Å². The molecule has 0 unspecified atom stereocenters. The highest BCUT2D eigenvalue weighted by atomic mass is 32.2. The van der Waals surface area contributed by atoms with Crippen molar-refractivity contribution in [2.24, 2.45) is 40.4 Å². The van der Waals surface area contributed by atoms with E-state index in [0.717, 1.165) is 25.8 Å². The van der Waals surface area contributed by atoms with Gasteiger partial charge in [-0.05, 0) is 73.7 Å². The van der Waals surface area contributed by atoms with Gasteiger partial charge in [0.05, 0.1) is 0 Å². The van der Waals surface area contributed by atoms with Gasteiger partial charge in [0, 0.05) is 23.1 Å². The molecular weight excluding hydrogens is 354 g/mol. The second kappa shape index (κ2) is 6.93. The molecule has 1 aliphatic heterocycles. The van der Waals surface area contributed by atoms with E-state index < -0.39 is 0 Å². The number of allylic oxidation sites excluding steroid dienone is 1. The van der Waals surface area contributed by atoms with Crippen molar-refractivity contribution in [1.82, 2.24) is 5.32 Å². The second-order valence-electron chi connectivity index (χ2n) is 10.4. The van der Waals surface area contributed by atoms with E-state index in [9.17, 15) is 9.59 Å². The first-order valence-corrected chi connectivity index (χ1v) is 11.8. The molecule has 3 nitrogen and oxygen atoms in total. The van der Waals surface area contributed by atoms with Crippen LogP contribution < -0.4 is 5.32 Å². The van der Waals surface area contributed by atoms with Gasteiger partial charge in [0.2, 0.25) is 11.0 Å². The summed E-state index contributed by atoms with van der Waals surface area (Å²) in [6.45, 7) is 9.91. The number of hydrogen-bond donors (Lipinski definition) is 1. The van der Waals surface area contributed by atoms with E-state index in [4.69, 9.17) is 0 Å². The van der Waals surface area contributed by atoms with Crippen molar-refractivity contribution in [2.75, 3.05) is 6.54 Å². The lowest BCUT2D eigenvalue weighted by atomic mass is 9.49. The van der Waals surface area contributed by atoms with Gasteiger partial charge in [0.1, 0.15) is 0 Å². The Hall–Kier alpha value is -0.770. The summed E-state index contributed by atoms with van der Waals surface area (Å²) in [6, 6.07) is 0. The normalized spacial score (nSPS) is 46.0. The zero-order chi connectivity index (χ0) is 19.4. The number of fused-ring (bicyclic) bond motifs is 5. The average molecular weight is 390 g/mol. The zero-order valence-corrected chi connectivity index (χ0v) is 18.1. The van der Waals surface area contributed by atoms with Gasteiger partial charge >= 0.3 is 0 Å². The molecule has 4 heteroatoms. The van der Waals surface area contributed by atoms with Crippen molar-refractivity contribution in [3.05, 3.63) is 12.2 Å². The first-order valence-electron chi connectivity index (χ1n) is 10.9. The van der Waals surface area contributed by atoms with Crippen LogP contribution in [0, 0.1) is 40.4 Å². The fraction of sp³-hybridized carbons (Fsp3) is 0.826. The Bertz CT molecular complexity index is 659. The molecule has 0 spiro atoms. The topological polar surface area (TPSA) is 46.2 Å². The maximum absolute atomic E-state index is 12.9. The van der Waals surface area contributed by atoms with E-state index in [1.165, 1.54) is 19.3 Å². The van der Waals surface area contributed by atoms with Crippen molar-refractivity contribution in [3.8, 4) is 0 Å². The van der Waals surface area contributed by atoms with Crippen LogP contribution in [0.5, 0.6) is 0 Å². The Balaban J connectivity index is 1.54. The van der Waals surface area contributed by atoms with E-state index in [1.54, 1.807) is 11.8 Å². The molecule has 0 radical (unpaired) electrons. The van der Waals surface area contributed by atoms with Crippen LogP contribution >= 0.6 is 11.8 Å². The maximum atomic E-state index is 12.9. The lowest BCUT2D eigenvalue weighted by molar-refractivity contribution is -0.132. The monoisotopic (exact) mass is 389 g/mol. The Kier molecular flexibility index (Phi) is 5.02. The highest BCUT2D eigenvalue weighted by Gasteiger charge is 2.60. The quantitative estimate of drug-likeness (QED) is 0.753. The van der Waals surface area contributed by atoms with Crippen LogP contribution in [0.1, 0.15) is 66.2 Å². The number of hydrogen-bond acceptors (Lipinski definition) is 3. The van der Waals surface area contributed by atoms with Crippen LogP contribution in [0.2, 0.25) is 0 Å². The summed E-state index contributed by atoms with van der Waals surface area (Å²) >= 11 is 1.57. The minimum Gasteiger partial charge on any atom is -0.356 e. The largest absolute Gasteiger partial charge is 0.356 e. The van der Waals surface area contributed by atoms with Gasteiger partial charge in [-0.3, -0.25) is 9.59 Å². The average Bonchev–Trinajstić information content (AvgIpc) is 2.97. The summed E-state index contributed by atoms with van der Waals surface area (Å²) in [6.07, 6.45) is 11.1. The molecule has 3 fully saturated rings. The summed E-state index contributed by atoms with van der Waals surface area (Å²) in [5.74, 6) is 3.04. The van der Waals surface area contributed by atoms with Crippen LogP contribution in [-0.4, -0.2) is 22.8 Å². The number of carbonyl (C=O) groups excluding carboxylic acids is 2. The minimum absolute atomic E-state index is 0.154. The summed E-state index contributed by atoms with van der Waals surface area (Å²) < 4.78 is 0. The summed E-state index contributed by atoms with van der Waals surface area (Å²) in [5.41, 5.74) is 0.313. The molecule has 0 aromatic rings. The third-order valence-corrected chi connectivity index (χ3v) is 9.93. The van der Waals surface area contributed by atoms with Gasteiger partial charge < -0.3 is 5.32 Å². The number of thioether (sulfide) groups is 1. The Morgan fingerprint density at radius 1 is 1.19 bits per heavy atom. The van der Waals surface area contributed by atoms with Crippen molar-refractivity contribution >= 4 is 22.8 Å². The third kappa shape index (κ3) is 3.10. The Morgan fingerprint density at radius 2 is 1.96 bits per heavy atom. The summed E-state index contributed by atoms with van der Waals surface area (Å²) in [7, 11) is 0. The number of nitrogens with one attached hydrogen (secondary N) is 1. The van der Waals surface area contributed by atoms with Gasteiger partial charge in [-0.15, -0.1) is 0 Å². The molecular formula is C23H35NO2S. The molecule has 0 saturated heterocycles. The van der Waals surface area contributed by atoms with Crippen molar-refractivity contribution in [3.63, 3.8) is 0 Å². The fourth-order valence-electron chi connectivity index (χ4n) is 7.06. The van der Waals surface area contributed by atoms with Crippen LogP contribution in [0.3, 0.4) is 0 Å². The summed E-state index contributed by atoms with van der Waals surface area (Å²) in [5, 5.41) is 3.91. The van der Waals surface area contributed by atoms with Crippen LogP contribution in [0.25, 0.3) is 0 Å². The van der Waals surface area contributed by atoms with Crippen LogP contribution in [-0.2, 0) is 9.59 Å². The number of rotatable bonds is 3. The first-order chi connectivity index (χ1) is 12.8. The standard InChI is InChI=1S/C23H35NO2S/c1-14(2)13-24-21(26)18-7-6-16-15-5-8-19-23(4,12-10-20(25)27-19)17(15)9-11-22(16,18)3/h10,12,14-19H,5-9,11,13H2,1-4H3,(H,24,26)/t15-,16-,17-,18+,19+,22-,23+/m0/s1. The van der Waals surface area contributed by atoms with Gasteiger partial charge in [0.15, 0.2) is 0 Å². The van der Waals surface area contributed by atoms with Gasteiger partial charge in [-0.1, -0.05) is 45.5 Å². The van der Waals surface area contributed by atoms with E-state index >= 15 is 0 Å². The first kappa shape index (κ1) is 19.5. The molecule has 1 amide bonds. The third-order valence-electron chi connectivity index (χ3n) is 8.53. The molecule has 4 rings (SSSR count). The molecule has 1 heterocycles. The molecule has 3 aliphatic carbocycles. The van der Waals surface area contributed by atoms with Gasteiger partial charge in [0.25, 0.3) is 0 Å². The molecule has 3 saturated carbocycles. The Morgan fingerprint density at radius 3 is 2.70 bits per heavy atom. The fourth-order valence-corrected chi connectivity index (χ4v) is 8.25. The molecule has 7 atom stereocenters. The highest BCUT2D eigenvalue weighted by Crippen LogP contribution is 2.66. The number of carbonyl (C=O) groups is 2. The van der Waals surface area contributed by atoms with E-state index in [1.807, 2.05) is 6.08 Å². The smallest absolute Gasteiger partial charge is 0.223 e. The van der Waals surface area contributed by atoms with E-state index in [0.29, 0.717) is 34.8 Å². The predicted molar refractivity (Wildman–Crippen MR) is 111 cm³/mol. The van der Waals surface area contributed by atoms with Crippen molar-refractivity contribution < 1.29 is 9.59 Å². The molecule has 1 N–H and O–H groups in total. The van der Waals surface area contributed by atoms with Crippen LogP contribution in [0.4, 0.5) is 0 Å². The maximum Gasteiger partial charge on any atom is 0.223 e. The van der Waals surface area contributed by atoms with Crippen molar-refractivity contribution in [1.29, 1.82) is 0 Å². The lowest BCUT2D eigenvalue weighted by Gasteiger charge is -2.58. The van der Waals surface area contributed by atoms with Crippen molar-refractivity contribution in [2.45, 2.75) is 71.5 Å². The SMILES string of the molecule is CC(C)CNC(=O)[C@H]1CC[C@H]2[C@@H]3CC[C@H]4SC(=O)C=C[C@]4(C)[C@H]3CC[C@]12C. The van der Waals surface area contributed by atoms with Crippen LogP contribution in [0.15, 0.2) is 12.2 Å². The lowest BCUT2D eigenvalue weighted by Crippen LogP contribution is -2.54. The Labute approximate surface area is 168 Å².